The summed E-state index contributed by atoms with van der Waals surface area (Å²) in [6.07, 6.45) is 0. The summed E-state index contributed by atoms with van der Waals surface area (Å²) in [6, 6.07) is 1.22. The SMILES string of the molecule is CCOC(=O)C(C)(C)CN(C)c1nnc(Cl)cc1C(=O)O. The van der Waals surface area contributed by atoms with E-state index in [4.69, 9.17) is 16.3 Å². The number of aromatic carboxylic acids is 1. The smallest absolute Gasteiger partial charge is 0.339 e. The van der Waals surface area contributed by atoms with Gasteiger partial charge in [0.2, 0.25) is 0 Å². The number of hydrogen-bond donors (Lipinski definition) is 1. The van der Waals surface area contributed by atoms with Crippen LogP contribution in [0.5, 0.6) is 0 Å². The highest BCUT2D eigenvalue weighted by molar-refractivity contribution is 6.29. The predicted octanol–water partition coefficient (Wildman–Crippen LogP) is 1.85. The lowest BCUT2D eigenvalue weighted by Crippen LogP contribution is -2.39. The van der Waals surface area contributed by atoms with Crippen molar-refractivity contribution >= 4 is 29.4 Å². The molecule has 116 valence electrons. The zero-order valence-corrected chi connectivity index (χ0v) is 13.1. The molecule has 1 aromatic heterocycles. The van der Waals surface area contributed by atoms with Crippen LogP contribution in [0.4, 0.5) is 5.82 Å². The van der Waals surface area contributed by atoms with E-state index in [1.807, 2.05) is 0 Å². The van der Waals surface area contributed by atoms with Crippen molar-refractivity contribution < 1.29 is 19.4 Å². The molecular weight excluding hydrogens is 298 g/mol. The Balaban J connectivity index is 3.02. The highest BCUT2D eigenvalue weighted by Crippen LogP contribution is 2.24. The Hall–Kier alpha value is -1.89. The van der Waals surface area contributed by atoms with Crippen molar-refractivity contribution in [2.24, 2.45) is 5.41 Å². The van der Waals surface area contributed by atoms with Gasteiger partial charge >= 0.3 is 11.9 Å². The molecule has 0 atom stereocenters. The number of anilines is 1. The van der Waals surface area contributed by atoms with Crippen LogP contribution in [0.15, 0.2) is 6.07 Å². The Morgan fingerprint density at radius 2 is 2.05 bits per heavy atom. The number of carboxylic acid groups (broad SMARTS) is 1. The second-order valence-corrected chi connectivity index (χ2v) is 5.56. The lowest BCUT2D eigenvalue weighted by Gasteiger charge is -2.29. The van der Waals surface area contributed by atoms with E-state index < -0.39 is 11.4 Å². The van der Waals surface area contributed by atoms with Crippen LogP contribution in [-0.4, -0.2) is 47.4 Å². The number of esters is 1. The number of hydrogen-bond acceptors (Lipinski definition) is 6. The van der Waals surface area contributed by atoms with Crippen molar-refractivity contribution in [2.75, 3.05) is 25.1 Å². The maximum absolute atomic E-state index is 11.9. The fourth-order valence-electron chi connectivity index (χ4n) is 1.86. The first-order valence-electron chi connectivity index (χ1n) is 6.34. The third-order valence-corrected chi connectivity index (χ3v) is 2.98. The third-order valence-electron chi connectivity index (χ3n) is 2.80. The Bertz CT molecular complexity index is 548. The van der Waals surface area contributed by atoms with Crippen LogP contribution >= 0.6 is 11.6 Å². The monoisotopic (exact) mass is 315 g/mol. The fraction of sp³-hybridized carbons (Fsp3) is 0.538. The molecule has 0 aromatic carbocycles. The topological polar surface area (TPSA) is 92.6 Å². The molecule has 0 aliphatic carbocycles. The standard InChI is InChI=1S/C13H18ClN3O4/c1-5-21-12(20)13(2,3)7-17(4)10-8(11(18)19)6-9(14)15-16-10/h6H,5,7H2,1-4H3,(H,18,19). The number of nitrogens with zero attached hydrogens (tertiary/aromatic N) is 3. The third kappa shape index (κ3) is 4.29. The summed E-state index contributed by atoms with van der Waals surface area (Å²) >= 11 is 5.66. The Labute approximate surface area is 127 Å². The molecule has 0 spiro atoms. The Kier molecular flexibility index (Phi) is 5.48. The van der Waals surface area contributed by atoms with Crippen LogP contribution in [0.3, 0.4) is 0 Å². The van der Waals surface area contributed by atoms with E-state index in [2.05, 4.69) is 10.2 Å². The second-order valence-electron chi connectivity index (χ2n) is 5.17. The van der Waals surface area contributed by atoms with E-state index >= 15 is 0 Å². The van der Waals surface area contributed by atoms with E-state index in [0.717, 1.165) is 0 Å². The summed E-state index contributed by atoms with van der Waals surface area (Å²) < 4.78 is 5.00. The lowest BCUT2D eigenvalue weighted by atomic mass is 9.93. The predicted molar refractivity (Wildman–Crippen MR) is 77.7 cm³/mol. The van der Waals surface area contributed by atoms with Crippen molar-refractivity contribution in [2.45, 2.75) is 20.8 Å². The number of carbonyl (C=O) groups excluding carboxylic acids is 1. The summed E-state index contributed by atoms with van der Waals surface area (Å²) in [5.74, 6) is -1.39. The quantitative estimate of drug-likeness (QED) is 0.801. The van der Waals surface area contributed by atoms with E-state index in [1.165, 1.54) is 6.07 Å². The van der Waals surface area contributed by atoms with Gasteiger partial charge < -0.3 is 14.7 Å². The van der Waals surface area contributed by atoms with Crippen molar-refractivity contribution in [3.05, 3.63) is 16.8 Å². The van der Waals surface area contributed by atoms with Crippen LogP contribution in [0.25, 0.3) is 0 Å². The molecule has 21 heavy (non-hydrogen) atoms. The minimum absolute atomic E-state index is 0.00537. The maximum Gasteiger partial charge on any atom is 0.339 e. The van der Waals surface area contributed by atoms with Gasteiger partial charge in [-0.05, 0) is 26.8 Å². The Morgan fingerprint density at radius 3 is 2.57 bits per heavy atom. The number of carbonyl (C=O) groups is 2. The Morgan fingerprint density at radius 1 is 1.43 bits per heavy atom. The highest BCUT2D eigenvalue weighted by Gasteiger charge is 2.32. The van der Waals surface area contributed by atoms with Crippen molar-refractivity contribution in [1.29, 1.82) is 0 Å². The van der Waals surface area contributed by atoms with Crippen LogP contribution in [-0.2, 0) is 9.53 Å². The van der Waals surface area contributed by atoms with E-state index in [0.29, 0.717) is 0 Å². The molecule has 0 amide bonds. The molecule has 1 N–H and O–H groups in total. The summed E-state index contributed by atoms with van der Waals surface area (Å²) in [5, 5.41) is 16.6. The highest BCUT2D eigenvalue weighted by atomic mass is 35.5. The van der Waals surface area contributed by atoms with Crippen molar-refractivity contribution in [3.8, 4) is 0 Å². The zero-order valence-electron chi connectivity index (χ0n) is 12.4. The molecule has 0 fully saturated rings. The second kappa shape index (κ2) is 6.71. The average Bonchev–Trinajstić information content (AvgIpc) is 2.38. The largest absolute Gasteiger partial charge is 0.478 e. The van der Waals surface area contributed by atoms with Gasteiger partial charge in [-0.2, -0.15) is 0 Å². The molecule has 0 bridgehead atoms. The number of aromatic nitrogens is 2. The molecule has 0 radical (unpaired) electrons. The molecule has 8 heteroatoms. The molecule has 7 nitrogen and oxygen atoms in total. The maximum atomic E-state index is 11.9. The minimum atomic E-state index is -1.16. The van der Waals surface area contributed by atoms with Gasteiger partial charge in [-0.25, -0.2) is 4.79 Å². The summed E-state index contributed by atoms with van der Waals surface area (Å²) in [7, 11) is 1.63. The lowest BCUT2D eigenvalue weighted by molar-refractivity contribution is -0.152. The van der Waals surface area contributed by atoms with E-state index in [-0.39, 0.29) is 35.7 Å². The fourth-order valence-corrected chi connectivity index (χ4v) is 2.01. The first-order valence-corrected chi connectivity index (χ1v) is 6.71. The van der Waals surface area contributed by atoms with E-state index in [9.17, 15) is 14.7 Å². The molecule has 0 unspecified atom stereocenters. The van der Waals surface area contributed by atoms with Crippen LogP contribution < -0.4 is 4.90 Å². The molecule has 0 aliphatic heterocycles. The van der Waals surface area contributed by atoms with E-state index in [1.54, 1.807) is 32.7 Å². The number of halogens is 1. The van der Waals surface area contributed by atoms with Gasteiger partial charge in [-0.15, -0.1) is 10.2 Å². The van der Waals surface area contributed by atoms with Crippen LogP contribution in [0, 0.1) is 5.41 Å². The molecule has 0 aliphatic rings. The van der Waals surface area contributed by atoms with Crippen LogP contribution in [0.2, 0.25) is 5.15 Å². The van der Waals surface area contributed by atoms with Gasteiger partial charge in [-0.1, -0.05) is 11.6 Å². The molecule has 0 saturated heterocycles. The number of rotatable bonds is 6. The summed E-state index contributed by atoms with van der Waals surface area (Å²) in [6.45, 7) is 5.66. The summed E-state index contributed by atoms with van der Waals surface area (Å²) in [4.78, 5) is 24.7. The molecule has 1 aromatic rings. The van der Waals surface area contributed by atoms with Gasteiger partial charge in [0, 0.05) is 13.6 Å². The van der Waals surface area contributed by atoms with Gasteiger partial charge in [0.15, 0.2) is 11.0 Å². The first-order chi connectivity index (χ1) is 9.69. The van der Waals surface area contributed by atoms with Crippen molar-refractivity contribution in [3.63, 3.8) is 0 Å². The molecule has 1 heterocycles. The molecule has 1 rings (SSSR count). The minimum Gasteiger partial charge on any atom is -0.478 e. The summed E-state index contributed by atoms with van der Waals surface area (Å²) in [5.41, 5.74) is -0.890. The van der Waals surface area contributed by atoms with Crippen LogP contribution in [0.1, 0.15) is 31.1 Å². The normalized spacial score (nSPS) is 11.1. The average molecular weight is 316 g/mol. The van der Waals surface area contributed by atoms with Gasteiger partial charge in [0.05, 0.1) is 12.0 Å². The van der Waals surface area contributed by atoms with Gasteiger partial charge in [0.25, 0.3) is 0 Å². The number of ether oxygens (including phenoxy) is 1. The van der Waals surface area contributed by atoms with Crippen molar-refractivity contribution in [1.82, 2.24) is 10.2 Å². The molecular formula is C13H18ClN3O4. The van der Waals surface area contributed by atoms with Gasteiger partial charge in [0.1, 0.15) is 5.56 Å². The molecule has 0 saturated carbocycles. The zero-order chi connectivity index (χ0) is 16.2. The van der Waals surface area contributed by atoms with Gasteiger partial charge in [-0.3, -0.25) is 4.79 Å². The number of carboxylic acids is 1. The first kappa shape index (κ1) is 17.2.